The fourth-order valence-corrected chi connectivity index (χ4v) is 2.06. The molecule has 0 heterocycles. The normalized spacial score (nSPS) is 12.3. The number of rotatable bonds is 7. The first-order chi connectivity index (χ1) is 9.86. The number of nitrogens with one attached hydrogen (secondary N) is 1. The molecule has 1 amide bonds. The molecular weight excluding hydrogens is 264 g/mol. The van der Waals surface area contributed by atoms with E-state index in [2.05, 4.69) is 25.2 Å². The quantitative estimate of drug-likeness (QED) is 0.840. The molecule has 0 radical (unpaired) electrons. The summed E-state index contributed by atoms with van der Waals surface area (Å²) in [5.74, 6) is 0.766. The van der Waals surface area contributed by atoms with Gasteiger partial charge in [0.05, 0.1) is 0 Å². The maximum atomic E-state index is 11.9. The highest BCUT2D eigenvalue weighted by atomic mass is 16.5. The van der Waals surface area contributed by atoms with Crippen LogP contribution in [0.4, 0.5) is 0 Å². The van der Waals surface area contributed by atoms with E-state index in [4.69, 9.17) is 4.74 Å². The summed E-state index contributed by atoms with van der Waals surface area (Å²) in [5.41, 5.74) is 2.28. The molecule has 1 unspecified atom stereocenters. The van der Waals surface area contributed by atoms with Gasteiger partial charge in [0.25, 0.3) is 5.91 Å². The minimum Gasteiger partial charge on any atom is -0.484 e. The van der Waals surface area contributed by atoms with Gasteiger partial charge in [-0.2, -0.15) is 0 Å². The minimum atomic E-state index is -0.00510. The van der Waals surface area contributed by atoms with Crippen molar-refractivity contribution in [2.24, 2.45) is 0 Å². The number of nitrogens with zero attached hydrogens (tertiary/aromatic N) is 1. The van der Waals surface area contributed by atoms with Crippen LogP contribution in [0.15, 0.2) is 18.2 Å². The number of aryl methyl sites for hydroxylation is 1. The predicted molar refractivity (Wildman–Crippen MR) is 86.7 cm³/mol. The number of ether oxygens (including phenoxy) is 1. The van der Waals surface area contributed by atoms with Gasteiger partial charge < -0.3 is 15.0 Å². The lowest BCUT2D eigenvalue weighted by Crippen LogP contribution is -2.36. The number of hydrogen-bond donors (Lipinski definition) is 1. The van der Waals surface area contributed by atoms with Gasteiger partial charge in [-0.3, -0.25) is 4.79 Å². The third-order valence-electron chi connectivity index (χ3n) is 3.73. The first-order valence-corrected chi connectivity index (χ1v) is 7.59. The molecule has 118 valence electrons. The molecule has 0 bridgehead atoms. The van der Waals surface area contributed by atoms with E-state index in [0.29, 0.717) is 6.04 Å². The van der Waals surface area contributed by atoms with E-state index in [1.807, 2.05) is 32.9 Å². The average molecular weight is 292 g/mol. The monoisotopic (exact) mass is 292 g/mol. The summed E-state index contributed by atoms with van der Waals surface area (Å²) >= 11 is 0. The summed E-state index contributed by atoms with van der Waals surface area (Å²) in [6.07, 6.45) is 0. The highest BCUT2D eigenvalue weighted by molar-refractivity contribution is 5.77. The molecule has 1 aromatic carbocycles. The molecule has 21 heavy (non-hydrogen) atoms. The summed E-state index contributed by atoms with van der Waals surface area (Å²) < 4.78 is 5.65. The van der Waals surface area contributed by atoms with Gasteiger partial charge >= 0.3 is 0 Å². The van der Waals surface area contributed by atoms with Crippen LogP contribution in [-0.4, -0.2) is 37.0 Å². The van der Waals surface area contributed by atoms with E-state index < -0.39 is 0 Å². The van der Waals surface area contributed by atoms with Crippen molar-refractivity contribution in [2.75, 3.05) is 20.2 Å². The highest BCUT2D eigenvalue weighted by Gasteiger charge is 2.13. The van der Waals surface area contributed by atoms with E-state index in [1.54, 1.807) is 11.9 Å². The summed E-state index contributed by atoms with van der Waals surface area (Å²) in [6, 6.07) is 6.61. The fourth-order valence-electron chi connectivity index (χ4n) is 2.06. The van der Waals surface area contributed by atoms with Crippen molar-refractivity contribution in [3.63, 3.8) is 0 Å². The molecule has 4 heteroatoms. The molecular formula is C17H28N2O2. The molecule has 1 N–H and O–H groups in total. The Morgan fingerprint density at radius 2 is 2.00 bits per heavy atom. The van der Waals surface area contributed by atoms with Crippen LogP contribution in [0.3, 0.4) is 0 Å². The van der Waals surface area contributed by atoms with Gasteiger partial charge in [-0.15, -0.1) is 0 Å². The molecule has 1 rings (SSSR count). The van der Waals surface area contributed by atoms with Crippen LogP contribution in [0, 0.1) is 6.92 Å². The average Bonchev–Trinajstić information content (AvgIpc) is 2.44. The Balaban J connectivity index is 2.67. The molecule has 0 fully saturated rings. The lowest BCUT2D eigenvalue weighted by atomic mass is 10.1. The largest absolute Gasteiger partial charge is 0.484 e. The van der Waals surface area contributed by atoms with Gasteiger partial charge in [0.15, 0.2) is 6.61 Å². The third kappa shape index (κ3) is 5.05. The van der Waals surface area contributed by atoms with Gasteiger partial charge in [-0.05, 0) is 51.4 Å². The Labute approximate surface area is 128 Å². The number of carbonyl (C=O) groups excluding carboxylic acids is 1. The van der Waals surface area contributed by atoms with Gasteiger partial charge in [0.2, 0.25) is 0 Å². The number of carbonyl (C=O) groups is 1. The lowest BCUT2D eigenvalue weighted by molar-refractivity contribution is -0.133. The van der Waals surface area contributed by atoms with Crippen LogP contribution in [0.1, 0.15) is 44.9 Å². The van der Waals surface area contributed by atoms with E-state index in [-0.39, 0.29) is 18.6 Å². The van der Waals surface area contributed by atoms with Crippen LogP contribution in [0.2, 0.25) is 0 Å². The second kappa shape index (κ2) is 8.03. The molecule has 0 aliphatic heterocycles. The molecule has 1 aromatic rings. The van der Waals surface area contributed by atoms with E-state index >= 15 is 0 Å². The Morgan fingerprint density at radius 3 is 2.52 bits per heavy atom. The topological polar surface area (TPSA) is 41.6 Å². The Kier molecular flexibility index (Phi) is 6.69. The first-order valence-electron chi connectivity index (χ1n) is 7.59. The van der Waals surface area contributed by atoms with Crippen molar-refractivity contribution in [3.8, 4) is 5.75 Å². The van der Waals surface area contributed by atoms with Crippen molar-refractivity contribution in [1.82, 2.24) is 10.2 Å². The van der Waals surface area contributed by atoms with Crippen LogP contribution in [-0.2, 0) is 4.79 Å². The minimum absolute atomic E-state index is 0.00510. The predicted octanol–water partition coefficient (Wildman–Crippen LogP) is 2.91. The van der Waals surface area contributed by atoms with Gasteiger partial charge in [-0.25, -0.2) is 0 Å². The molecule has 0 spiro atoms. The van der Waals surface area contributed by atoms with Gasteiger partial charge in [-0.1, -0.05) is 19.1 Å². The zero-order valence-corrected chi connectivity index (χ0v) is 14.1. The smallest absolute Gasteiger partial charge is 0.260 e. The number of likely N-dealkylation sites (N-methyl/N-ethyl adjacent to an activating group) is 1. The Morgan fingerprint density at radius 1 is 1.33 bits per heavy atom. The zero-order valence-electron chi connectivity index (χ0n) is 14.1. The van der Waals surface area contributed by atoms with Crippen molar-refractivity contribution in [2.45, 2.75) is 46.7 Å². The van der Waals surface area contributed by atoms with Crippen LogP contribution < -0.4 is 10.1 Å². The van der Waals surface area contributed by atoms with Crippen molar-refractivity contribution in [1.29, 1.82) is 0 Å². The standard InChI is InChI=1S/C17H28N2O2/c1-7-18-14(5)15-8-9-16(13(4)10-15)21-11-17(20)19(6)12(2)3/h8-10,12,14,18H,7,11H2,1-6H3. The SMILES string of the molecule is CCNC(C)c1ccc(OCC(=O)N(C)C(C)C)c(C)c1. The molecule has 0 aromatic heterocycles. The maximum Gasteiger partial charge on any atom is 0.260 e. The number of amides is 1. The zero-order chi connectivity index (χ0) is 16.0. The fraction of sp³-hybridized carbons (Fsp3) is 0.588. The summed E-state index contributed by atoms with van der Waals surface area (Å²) in [7, 11) is 1.80. The molecule has 4 nitrogen and oxygen atoms in total. The molecule has 0 saturated heterocycles. The lowest BCUT2D eigenvalue weighted by Gasteiger charge is -2.22. The van der Waals surface area contributed by atoms with Gasteiger partial charge in [0.1, 0.15) is 5.75 Å². The van der Waals surface area contributed by atoms with Crippen LogP contribution in [0.5, 0.6) is 5.75 Å². The van der Waals surface area contributed by atoms with E-state index in [1.165, 1.54) is 5.56 Å². The highest BCUT2D eigenvalue weighted by Crippen LogP contribution is 2.22. The molecule has 0 aliphatic rings. The second-order valence-electron chi connectivity index (χ2n) is 5.69. The van der Waals surface area contributed by atoms with Gasteiger partial charge in [0, 0.05) is 19.1 Å². The van der Waals surface area contributed by atoms with E-state index in [9.17, 15) is 4.79 Å². The Hall–Kier alpha value is -1.55. The van der Waals surface area contributed by atoms with Crippen molar-refractivity contribution >= 4 is 5.91 Å². The van der Waals surface area contributed by atoms with Crippen molar-refractivity contribution < 1.29 is 9.53 Å². The maximum absolute atomic E-state index is 11.9. The Bertz CT molecular complexity index is 472. The summed E-state index contributed by atoms with van der Waals surface area (Å²) in [6.45, 7) is 11.2. The van der Waals surface area contributed by atoms with Crippen molar-refractivity contribution in [3.05, 3.63) is 29.3 Å². The van der Waals surface area contributed by atoms with E-state index in [0.717, 1.165) is 17.9 Å². The second-order valence-corrected chi connectivity index (χ2v) is 5.69. The van der Waals surface area contributed by atoms with Crippen LogP contribution >= 0.6 is 0 Å². The molecule has 0 saturated carbocycles. The molecule has 0 aliphatic carbocycles. The number of hydrogen-bond acceptors (Lipinski definition) is 3. The summed E-state index contributed by atoms with van der Waals surface area (Å²) in [4.78, 5) is 13.6. The summed E-state index contributed by atoms with van der Waals surface area (Å²) in [5, 5.41) is 3.38. The van der Waals surface area contributed by atoms with Crippen LogP contribution in [0.25, 0.3) is 0 Å². The first kappa shape index (κ1) is 17.5. The third-order valence-corrected chi connectivity index (χ3v) is 3.73. The molecule has 1 atom stereocenters. The number of benzene rings is 1.